The van der Waals surface area contributed by atoms with E-state index in [4.69, 9.17) is 4.42 Å². The molecule has 0 bridgehead atoms. The van der Waals surface area contributed by atoms with Crippen molar-refractivity contribution in [3.8, 4) is 0 Å². The second-order valence-electron chi connectivity index (χ2n) is 11.3. The average molecular weight is 554 g/mol. The first-order valence-corrected chi connectivity index (χ1v) is 15.2. The van der Waals surface area contributed by atoms with Crippen LogP contribution >= 0.6 is 0 Å². The fourth-order valence-electron chi connectivity index (χ4n) is 6.44. The lowest BCUT2D eigenvalue weighted by molar-refractivity contribution is 0.590. The summed E-state index contributed by atoms with van der Waals surface area (Å²) >= 11 is 0. The number of fused-ring (bicyclic) bond motifs is 12. The van der Waals surface area contributed by atoms with E-state index >= 15 is 0 Å². The van der Waals surface area contributed by atoms with Gasteiger partial charge in [-0.1, -0.05) is 59.7 Å². The maximum Gasteiger partial charge on any atom is 0.268 e. The van der Waals surface area contributed by atoms with E-state index in [0.717, 1.165) is 76.5 Å². The van der Waals surface area contributed by atoms with Gasteiger partial charge in [0.2, 0.25) is 0 Å². The highest BCUT2D eigenvalue weighted by Crippen LogP contribution is 2.48. The van der Waals surface area contributed by atoms with Crippen LogP contribution in [0.5, 0.6) is 0 Å². The van der Waals surface area contributed by atoms with Gasteiger partial charge >= 0.3 is 0 Å². The molecule has 0 saturated carbocycles. The summed E-state index contributed by atoms with van der Waals surface area (Å²) in [6.07, 6.45) is 0. The molecule has 4 nitrogen and oxygen atoms in total. The topological polar surface area (TPSA) is 52.2 Å². The highest BCUT2D eigenvalue weighted by atomic mass is 32.2. The summed E-state index contributed by atoms with van der Waals surface area (Å²) in [5.41, 5.74) is 7.23. The molecular formula is C36H27NO3S. The van der Waals surface area contributed by atoms with E-state index in [1.165, 1.54) is 0 Å². The van der Waals surface area contributed by atoms with Crippen LogP contribution in [0.2, 0.25) is 0 Å². The number of furan rings is 1. The number of aromatic nitrogens is 1. The Bertz CT molecular complexity index is 2510. The minimum atomic E-state index is -3.95. The first-order valence-electron chi connectivity index (χ1n) is 13.8. The standard InChI is InChI=1S/C36H27NO3S/c1-20-9-13-25(14-10-20)41(38,39)37-30-15-11-21(2)17-29(30)33-34-32-26-8-6-5-7-24(26)12-16-31(32)40-36(34)28-19-23(4)22(3)18-27(28)35(33)37/h5-19H,1-4H3. The van der Waals surface area contributed by atoms with E-state index in [9.17, 15) is 8.42 Å². The Morgan fingerprint density at radius 1 is 0.610 bits per heavy atom. The fourth-order valence-corrected chi connectivity index (χ4v) is 7.98. The van der Waals surface area contributed by atoms with Crippen molar-refractivity contribution in [1.29, 1.82) is 0 Å². The Morgan fingerprint density at radius 2 is 1.32 bits per heavy atom. The van der Waals surface area contributed by atoms with Crippen molar-refractivity contribution in [3.05, 3.63) is 113 Å². The van der Waals surface area contributed by atoms with Crippen molar-refractivity contribution in [2.75, 3.05) is 0 Å². The van der Waals surface area contributed by atoms with Crippen molar-refractivity contribution < 1.29 is 12.8 Å². The van der Waals surface area contributed by atoms with Crippen molar-refractivity contribution in [3.63, 3.8) is 0 Å². The van der Waals surface area contributed by atoms with Crippen molar-refractivity contribution in [2.45, 2.75) is 32.6 Å². The van der Waals surface area contributed by atoms with Crippen LogP contribution in [0, 0.1) is 27.7 Å². The van der Waals surface area contributed by atoms with Crippen LogP contribution in [0.1, 0.15) is 22.3 Å². The molecule has 0 N–H and O–H groups in total. The lowest BCUT2D eigenvalue weighted by Crippen LogP contribution is -2.13. The number of aryl methyl sites for hydroxylation is 4. The Morgan fingerprint density at radius 3 is 2.10 bits per heavy atom. The highest BCUT2D eigenvalue weighted by Gasteiger charge is 2.29. The molecule has 0 fully saturated rings. The third-order valence-electron chi connectivity index (χ3n) is 8.60. The van der Waals surface area contributed by atoms with Crippen molar-refractivity contribution in [2.24, 2.45) is 0 Å². The molecule has 6 aromatic carbocycles. The molecule has 0 unspecified atom stereocenters. The molecule has 2 heterocycles. The summed E-state index contributed by atoms with van der Waals surface area (Å²) in [5.74, 6) is 0. The Hall–Kier alpha value is -4.61. The van der Waals surface area contributed by atoms with Gasteiger partial charge in [0.25, 0.3) is 10.0 Å². The predicted molar refractivity (Wildman–Crippen MR) is 170 cm³/mol. The van der Waals surface area contributed by atoms with Gasteiger partial charge in [-0.25, -0.2) is 12.4 Å². The summed E-state index contributed by atoms with van der Waals surface area (Å²) in [7, 11) is -3.95. The first kappa shape index (κ1) is 24.2. The van der Waals surface area contributed by atoms with Gasteiger partial charge in [0.1, 0.15) is 11.2 Å². The zero-order valence-electron chi connectivity index (χ0n) is 23.2. The Balaban J connectivity index is 1.74. The monoisotopic (exact) mass is 553 g/mol. The van der Waals surface area contributed by atoms with Crippen LogP contribution in [-0.4, -0.2) is 12.4 Å². The second-order valence-corrected chi connectivity index (χ2v) is 13.1. The smallest absolute Gasteiger partial charge is 0.268 e. The van der Waals surface area contributed by atoms with Gasteiger partial charge in [-0.15, -0.1) is 0 Å². The van der Waals surface area contributed by atoms with E-state index in [0.29, 0.717) is 11.0 Å². The van der Waals surface area contributed by atoms with Gasteiger partial charge in [-0.3, -0.25) is 0 Å². The molecule has 0 amide bonds. The molecule has 2 aromatic heterocycles. The molecule has 0 saturated heterocycles. The van der Waals surface area contributed by atoms with Gasteiger partial charge in [0.15, 0.2) is 0 Å². The molecule has 8 rings (SSSR count). The molecule has 8 aromatic rings. The maximum absolute atomic E-state index is 14.6. The molecule has 0 aliphatic rings. The first-order chi connectivity index (χ1) is 19.7. The average Bonchev–Trinajstić information content (AvgIpc) is 3.51. The molecule has 0 atom stereocenters. The summed E-state index contributed by atoms with van der Waals surface area (Å²) in [6, 6.07) is 29.8. The van der Waals surface area contributed by atoms with E-state index in [2.05, 4.69) is 50.2 Å². The van der Waals surface area contributed by atoms with E-state index in [-0.39, 0.29) is 4.90 Å². The van der Waals surface area contributed by atoms with Crippen molar-refractivity contribution in [1.82, 2.24) is 3.97 Å². The second kappa shape index (κ2) is 8.21. The fraction of sp³-hybridized carbons (Fsp3) is 0.111. The largest absolute Gasteiger partial charge is 0.455 e. The van der Waals surface area contributed by atoms with Crippen LogP contribution in [-0.2, 0) is 10.0 Å². The number of nitrogens with zero attached hydrogens (tertiary/aromatic N) is 1. The van der Waals surface area contributed by atoms with Gasteiger partial charge in [-0.05, 0) is 92.1 Å². The maximum atomic E-state index is 14.6. The Kier molecular flexibility index (Phi) is 4.85. The molecular weight excluding hydrogens is 526 g/mol. The van der Waals surface area contributed by atoms with E-state index in [1.807, 2.05) is 56.3 Å². The lowest BCUT2D eigenvalue weighted by atomic mass is 9.95. The minimum absolute atomic E-state index is 0.266. The van der Waals surface area contributed by atoms with Gasteiger partial charge in [0, 0.05) is 32.3 Å². The number of hydrogen-bond donors (Lipinski definition) is 0. The minimum Gasteiger partial charge on any atom is -0.455 e. The molecule has 0 radical (unpaired) electrons. The van der Waals surface area contributed by atoms with E-state index in [1.54, 1.807) is 16.1 Å². The lowest BCUT2D eigenvalue weighted by Gasteiger charge is -2.13. The highest BCUT2D eigenvalue weighted by molar-refractivity contribution is 7.90. The zero-order chi connectivity index (χ0) is 28.2. The van der Waals surface area contributed by atoms with Crippen LogP contribution in [0.15, 0.2) is 100 Å². The summed E-state index contributed by atoms with van der Waals surface area (Å²) in [4.78, 5) is 0.266. The number of rotatable bonds is 2. The van der Waals surface area contributed by atoms with Gasteiger partial charge in [-0.2, -0.15) is 0 Å². The normalized spacial score (nSPS) is 12.6. The summed E-state index contributed by atoms with van der Waals surface area (Å²) in [6.45, 7) is 8.17. The SMILES string of the molecule is Cc1ccc(S(=O)(=O)n2c3ccc(C)cc3c3c4c(oc5ccc6ccccc6c54)c4cc(C)c(C)cc4c32)cc1. The number of hydrogen-bond acceptors (Lipinski definition) is 3. The van der Waals surface area contributed by atoms with Crippen molar-refractivity contribution >= 4 is 75.3 Å². The van der Waals surface area contributed by atoms with E-state index < -0.39 is 10.0 Å². The summed E-state index contributed by atoms with van der Waals surface area (Å²) in [5, 5.41) is 7.75. The molecule has 0 spiro atoms. The van der Waals surface area contributed by atoms with Gasteiger partial charge < -0.3 is 4.42 Å². The van der Waals surface area contributed by atoms with Crippen LogP contribution in [0.4, 0.5) is 0 Å². The Labute approximate surface area is 237 Å². The predicted octanol–water partition coefficient (Wildman–Crippen LogP) is 9.47. The molecule has 0 aliphatic heterocycles. The molecule has 5 heteroatoms. The number of benzene rings is 6. The quantitative estimate of drug-likeness (QED) is 0.214. The van der Waals surface area contributed by atoms with Crippen LogP contribution in [0.3, 0.4) is 0 Å². The third kappa shape index (κ3) is 3.24. The molecule has 0 aliphatic carbocycles. The molecule has 200 valence electrons. The third-order valence-corrected chi connectivity index (χ3v) is 10.3. The van der Waals surface area contributed by atoms with Crippen LogP contribution in [0.25, 0.3) is 65.3 Å². The zero-order valence-corrected chi connectivity index (χ0v) is 24.1. The van der Waals surface area contributed by atoms with Crippen LogP contribution < -0.4 is 0 Å². The van der Waals surface area contributed by atoms with Gasteiger partial charge in [0.05, 0.1) is 15.9 Å². The summed E-state index contributed by atoms with van der Waals surface area (Å²) < 4.78 is 37.5. The molecule has 41 heavy (non-hydrogen) atoms.